The van der Waals surface area contributed by atoms with Gasteiger partial charge in [0.2, 0.25) is 5.95 Å². The summed E-state index contributed by atoms with van der Waals surface area (Å²) in [5.74, 6) is 0.673. The van der Waals surface area contributed by atoms with Gasteiger partial charge >= 0.3 is 6.09 Å². The Morgan fingerprint density at radius 2 is 1.80 bits per heavy atom. The van der Waals surface area contributed by atoms with E-state index < -0.39 is 5.60 Å². The highest BCUT2D eigenvalue weighted by molar-refractivity contribution is 5.99. The number of rotatable bonds is 10. The van der Waals surface area contributed by atoms with E-state index in [0.717, 1.165) is 49.5 Å². The lowest BCUT2D eigenvalue weighted by molar-refractivity contribution is 0.0525. The number of benzene rings is 1. The molecule has 11 heteroatoms. The summed E-state index contributed by atoms with van der Waals surface area (Å²) in [7, 11) is 1.90. The Morgan fingerprint density at radius 1 is 1.04 bits per heavy atom. The lowest BCUT2D eigenvalue weighted by atomic mass is 9.91. The van der Waals surface area contributed by atoms with E-state index in [-0.39, 0.29) is 23.5 Å². The van der Waals surface area contributed by atoms with Crippen molar-refractivity contribution in [1.82, 2.24) is 30.5 Å². The van der Waals surface area contributed by atoms with E-state index in [9.17, 15) is 9.59 Å². The van der Waals surface area contributed by atoms with Crippen LogP contribution in [0.25, 0.3) is 0 Å². The van der Waals surface area contributed by atoms with Crippen LogP contribution in [-0.4, -0.2) is 70.2 Å². The van der Waals surface area contributed by atoms with E-state index in [1.165, 1.54) is 11.1 Å². The van der Waals surface area contributed by atoms with E-state index in [1.807, 2.05) is 64.8 Å². The lowest BCUT2D eigenvalue weighted by Crippen LogP contribution is -2.36. The molecule has 0 spiro atoms. The van der Waals surface area contributed by atoms with Gasteiger partial charge in [-0.3, -0.25) is 14.7 Å². The first-order chi connectivity index (χ1) is 21.6. The molecule has 1 aromatic carbocycles. The Labute approximate surface area is 273 Å². The molecule has 4 rings (SSSR count). The second-order valence-corrected chi connectivity index (χ2v) is 14.2. The summed E-state index contributed by atoms with van der Waals surface area (Å²) in [5.41, 5.74) is 5.04. The van der Waals surface area contributed by atoms with Crippen LogP contribution in [0.2, 0.25) is 0 Å². The molecule has 2 aromatic heterocycles. The number of carbonyl (C=O) groups excluding carboxylic acids is 2. The van der Waals surface area contributed by atoms with Crippen LogP contribution in [0.3, 0.4) is 0 Å². The third-order valence-corrected chi connectivity index (χ3v) is 7.52. The summed E-state index contributed by atoms with van der Waals surface area (Å²) in [4.78, 5) is 43.3. The van der Waals surface area contributed by atoms with Crippen molar-refractivity contribution in [3.63, 3.8) is 0 Å². The summed E-state index contributed by atoms with van der Waals surface area (Å²) < 4.78 is 5.31. The first-order valence-corrected chi connectivity index (χ1v) is 16.1. The normalized spacial score (nSPS) is 13.6. The van der Waals surface area contributed by atoms with Gasteiger partial charge in [-0.1, -0.05) is 26.8 Å². The molecule has 3 heterocycles. The molecule has 3 N–H and O–H groups in total. The highest BCUT2D eigenvalue weighted by atomic mass is 16.6. The summed E-state index contributed by atoms with van der Waals surface area (Å²) in [6.07, 6.45) is 4.77. The molecule has 2 amide bonds. The predicted molar refractivity (Wildman–Crippen MR) is 183 cm³/mol. The maximum Gasteiger partial charge on any atom is 0.407 e. The van der Waals surface area contributed by atoms with Gasteiger partial charge in [-0.15, -0.1) is 0 Å². The van der Waals surface area contributed by atoms with E-state index in [0.29, 0.717) is 23.9 Å². The van der Waals surface area contributed by atoms with Crippen molar-refractivity contribution in [2.24, 2.45) is 0 Å². The zero-order valence-corrected chi connectivity index (χ0v) is 28.8. The molecule has 1 aliphatic rings. The molecule has 0 saturated carbocycles. The minimum atomic E-state index is -0.497. The van der Waals surface area contributed by atoms with Crippen LogP contribution >= 0.6 is 0 Å². The summed E-state index contributed by atoms with van der Waals surface area (Å²) >= 11 is 0. The Bertz CT molecular complexity index is 1530. The van der Waals surface area contributed by atoms with E-state index in [4.69, 9.17) is 9.72 Å². The number of aromatic nitrogens is 3. The first-order valence-electron chi connectivity index (χ1n) is 16.1. The molecular formula is C35H50N8O3. The highest BCUT2D eigenvalue weighted by Gasteiger charge is 2.23. The van der Waals surface area contributed by atoms with E-state index in [1.54, 1.807) is 12.4 Å². The van der Waals surface area contributed by atoms with Crippen LogP contribution in [0.5, 0.6) is 0 Å². The van der Waals surface area contributed by atoms with Crippen molar-refractivity contribution in [3.8, 4) is 0 Å². The van der Waals surface area contributed by atoms with Gasteiger partial charge in [-0.25, -0.2) is 9.78 Å². The standard InChI is InChI=1S/C35H50N8O3/c1-23(2)39-31(44)28-21-38-32(41-30(28)42(9)27-13-16-36-29(20-27)34(3,4)5)40-26-12-11-25-22-43(18-14-24(25)19-26)17-10-15-37-33(45)46-35(6,7)8/h11-13,16,19-21,23H,10,14-15,17-18,22H2,1-9H3,(H,37,45)(H,39,44)(H,38,40,41). The van der Waals surface area contributed by atoms with Gasteiger partial charge in [0.25, 0.3) is 5.91 Å². The quantitative estimate of drug-likeness (QED) is 0.228. The smallest absolute Gasteiger partial charge is 0.407 e. The Hall–Kier alpha value is -4.25. The van der Waals surface area contributed by atoms with Gasteiger partial charge in [0, 0.05) is 74.1 Å². The summed E-state index contributed by atoms with van der Waals surface area (Å²) in [5, 5.41) is 9.17. The number of amides is 2. The minimum absolute atomic E-state index is 0.0304. The molecule has 0 fully saturated rings. The summed E-state index contributed by atoms with van der Waals surface area (Å²) in [6, 6.07) is 10.3. The van der Waals surface area contributed by atoms with Gasteiger partial charge in [0.1, 0.15) is 11.2 Å². The van der Waals surface area contributed by atoms with Crippen molar-refractivity contribution < 1.29 is 14.3 Å². The zero-order chi connectivity index (χ0) is 33.6. The van der Waals surface area contributed by atoms with Gasteiger partial charge in [-0.2, -0.15) is 4.98 Å². The maximum absolute atomic E-state index is 13.2. The van der Waals surface area contributed by atoms with Gasteiger partial charge in [0.15, 0.2) is 5.82 Å². The van der Waals surface area contributed by atoms with Crippen molar-refractivity contribution in [1.29, 1.82) is 0 Å². The molecule has 0 bridgehead atoms. The van der Waals surface area contributed by atoms with Crippen molar-refractivity contribution in [3.05, 3.63) is 65.1 Å². The third-order valence-electron chi connectivity index (χ3n) is 7.52. The number of alkyl carbamates (subject to hydrolysis) is 1. The Morgan fingerprint density at radius 3 is 2.50 bits per heavy atom. The highest BCUT2D eigenvalue weighted by Crippen LogP contribution is 2.30. The number of ether oxygens (including phenoxy) is 1. The molecular weight excluding hydrogens is 580 g/mol. The van der Waals surface area contributed by atoms with Crippen LogP contribution < -0.4 is 20.9 Å². The molecule has 1 aliphatic heterocycles. The van der Waals surface area contributed by atoms with Crippen LogP contribution in [0, 0.1) is 0 Å². The number of fused-ring (bicyclic) bond motifs is 1. The fourth-order valence-corrected chi connectivity index (χ4v) is 5.17. The molecule has 0 aliphatic carbocycles. The second-order valence-electron chi connectivity index (χ2n) is 14.2. The first kappa shape index (κ1) is 34.6. The lowest BCUT2D eigenvalue weighted by Gasteiger charge is -2.29. The monoisotopic (exact) mass is 630 g/mol. The average molecular weight is 631 g/mol. The summed E-state index contributed by atoms with van der Waals surface area (Å²) in [6.45, 7) is 19.1. The molecule has 11 nitrogen and oxygen atoms in total. The van der Waals surface area contributed by atoms with Crippen LogP contribution in [0.1, 0.15) is 89.0 Å². The van der Waals surface area contributed by atoms with Crippen LogP contribution in [0.4, 0.5) is 27.9 Å². The fraction of sp³-hybridized carbons (Fsp3) is 0.514. The van der Waals surface area contributed by atoms with Crippen molar-refractivity contribution in [2.75, 3.05) is 36.9 Å². The Balaban J connectivity index is 1.46. The number of hydrogen-bond acceptors (Lipinski definition) is 9. The number of carbonyl (C=O) groups is 2. The van der Waals surface area contributed by atoms with E-state index >= 15 is 0 Å². The minimum Gasteiger partial charge on any atom is -0.444 e. The molecule has 0 atom stereocenters. The number of nitrogens with zero attached hydrogens (tertiary/aromatic N) is 5. The molecule has 3 aromatic rings. The molecule has 46 heavy (non-hydrogen) atoms. The van der Waals surface area contributed by atoms with Crippen LogP contribution in [0.15, 0.2) is 42.7 Å². The number of pyridine rings is 1. The fourth-order valence-electron chi connectivity index (χ4n) is 5.17. The third kappa shape index (κ3) is 9.62. The molecule has 0 radical (unpaired) electrons. The predicted octanol–water partition coefficient (Wildman–Crippen LogP) is 6.09. The zero-order valence-electron chi connectivity index (χ0n) is 28.8. The molecule has 248 valence electrons. The SMILES string of the molecule is CC(C)NC(=O)c1cnc(Nc2ccc3c(c2)CCN(CCCNC(=O)OC(C)(C)C)C3)nc1N(C)c1ccnc(C(C)(C)C)c1. The van der Waals surface area contributed by atoms with Crippen molar-refractivity contribution in [2.45, 2.75) is 91.8 Å². The topological polar surface area (TPSA) is 125 Å². The molecule has 0 saturated heterocycles. The number of nitrogens with one attached hydrogen (secondary N) is 3. The maximum atomic E-state index is 13.2. The molecule has 0 unspecified atom stereocenters. The van der Waals surface area contributed by atoms with Gasteiger partial charge < -0.3 is 25.6 Å². The largest absolute Gasteiger partial charge is 0.444 e. The number of anilines is 4. The van der Waals surface area contributed by atoms with Crippen molar-refractivity contribution >= 4 is 35.1 Å². The van der Waals surface area contributed by atoms with Gasteiger partial charge in [-0.05, 0) is 82.9 Å². The van der Waals surface area contributed by atoms with Gasteiger partial charge in [0.05, 0.1) is 0 Å². The Kier molecular flexibility index (Phi) is 10.9. The van der Waals surface area contributed by atoms with E-state index in [2.05, 4.69) is 63.7 Å². The second kappa shape index (κ2) is 14.5. The van der Waals surface area contributed by atoms with Crippen LogP contribution in [-0.2, 0) is 23.1 Å². The number of hydrogen-bond donors (Lipinski definition) is 3. The average Bonchev–Trinajstić information content (AvgIpc) is 2.97.